The normalized spacial score (nSPS) is 13.4. The quantitative estimate of drug-likeness (QED) is 0.155. The number of hydrogen-bond donors (Lipinski definition) is 1. The number of anilines is 1. The van der Waals surface area contributed by atoms with Crippen molar-refractivity contribution in [1.82, 2.24) is 9.80 Å². The van der Waals surface area contributed by atoms with Crippen LogP contribution < -0.4 is 5.32 Å². The molecule has 0 saturated carbocycles. The molecule has 1 aliphatic rings. The summed E-state index contributed by atoms with van der Waals surface area (Å²) in [7, 11) is 0. The van der Waals surface area contributed by atoms with Crippen molar-refractivity contribution in [2.45, 2.75) is 36.6 Å². The summed E-state index contributed by atoms with van der Waals surface area (Å²) in [6.45, 7) is 8.56. The summed E-state index contributed by atoms with van der Waals surface area (Å²) in [5.74, 6) is -0.426. The highest BCUT2D eigenvalue weighted by molar-refractivity contribution is 7.99. The number of amides is 2. The second-order valence-electron chi connectivity index (χ2n) is 9.92. The minimum Gasteiger partial charge on any atom is -0.462 e. The van der Waals surface area contributed by atoms with Crippen molar-refractivity contribution in [1.29, 1.82) is 0 Å². The van der Waals surface area contributed by atoms with Gasteiger partial charge in [0, 0.05) is 60.3 Å². The Bertz CT molecular complexity index is 1360. The van der Waals surface area contributed by atoms with Crippen LogP contribution in [0.3, 0.4) is 0 Å². The van der Waals surface area contributed by atoms with E-state index < -0.39 is 10.9 Å². The molecule has 1 heterocycles. The van der Waals surface area contributed by atoms with E-state index in [1.165, 1.54) is 17.8 Å². The molecule has 0 atom stereocenters. The molecule has 1 N–H and O–H groups in total. The van der Waals surface area contributed by atoms with Gasteiger partial charge in [-0.1, -0.05) is 29.5 Å². The highest BCUT2D eigenvalue weighted by Gasteiger charge is 2.20. The van der Waals surface area contributed by atoms with Gasteiger partial charge in [0.2, 0.25) is 0 Å². The zero-order valence-corrected chi connectivity index (χ0v) is 24.7. The number of carbonyl (C=O) groups excluding carboxylic acids is 2. The smallest absolute Gasteiger partial charge is 0.338 e. The Hall–Kier alpha value is -3.93. The van der Waals surface area contributed by atoms with Crippen LogP contribution in [0.1, 0.15) is 34.8 Å². The van der Waals surface area contributed by atoms with Gasteiger partial charge in [-0.05, 0) is 68.3 Å². The van der Waals surface area contributed by atoms with E-state index in [0.717, 1.165) is 41.4 Å². The molecule has 0 aliphatic carbocycles. The lowest BCUT2D eigenvalue weighted by molar-refractivity contribution is -0.385. The molecule has 0 unspecified atom stereocenters. The van der Waals surface area contributed by atoms with Gasteiger partial charge in [-0.25, -0.2) is 9.59 Å². The maximum absolute atomic E-state index is 13.6. The molecular weight excluding hydrogens is 556 g/mol. The highest BCUT2D eigenvalue weighted by Crippen LogP contribution is 2.33. The lowest BCUT2D eigenvalue weighted by atomic mass is 10.1. The third-order valence-corrected chi connectivity index (χ3v) is 7.93. The predicted octanol–water partition coefficient (Wildman–Crippen LogP) is 5.99. The number of morpholine rings is 1. The maximum Gasteiger partial charge on any atom is 0.338 e. The second kappa shape index (κ2) is 15.3. The van der Waals surface area contributed by atoms with E-state index in [0.29, 0.717) is 36.6 Å². The lowest BCUT2D eigenvalue weighted by Crippen LogP contribution is -2.40. The molecule has 1 aliphatic heterocycles. The van der Waals surface area contributed by atoms with Gasteiger partial charge in [-0.3, -0.25) is 15.0 Å². The summed E-state index contributed by atoms with van der Waals surface area (Å²) in [5.41, 5.74) is 2.73. The molecule has 2 amide bonds. The Morgan fingerprint density at radius 1 is 1.07 bits per heavy atom. The van der Waals surface area contributed by atoms with E-state index in [1.807, 2.05) is 31.2 Å². The molecule has 3 aromatic carbocycles. The number of carbonyl (C=O) groups is 2. The van der Waals surface area contributed by atoms with Crippen molar-refractivity contribution in [2.24, 2.45) is 0 Å². The van der Waals surface area contributed by atoms with Gasteiger partial charge < -0.3 is 19.7 Å². The molecule has 0 spiro atoms. The fourth-order valence-electron chi connectivity index (χ4n) is 4.51. The molecule has 0 bridgehead atoms. The maximum atomic E-state index is 13.6. The SMILES string of the molecule is CCOC(=O)c1ccc(NC(=O)N(CCCN2CCOCC2)Cc2cc([N+](=O)[O-])ccc2Sc2ccc(C)cc2)cc1. The van der Waals surface area contributed by atoms with Crippen LogP contribution in [0.2, 0.25) is 0 Å². The fourth-order valence-corrected chi connectivity index (χ4v) is 5.43. The topological polar surface area (TPSA) is 114 Å². The zero-order chi connectivity index (χ0) is 29.9. The molecule has 11 heteroatoms. The first-order valence-corrected chi connectivity index (χ1v) is 14.8. The summed E-state index contributed by atoms with van der Waals surface area (Å²) in [6.07, 6.45) is 0.727. The molecule has 4 rings (SSSR count). The van der Waals surface area contributed by atoms with Crippen molar-refractivity contribution in [3.63, 3.8) is 0 Å². The Labute approximate surface area is 250 Å². The molecule has 42 heavy (non-hydrogen) atoms. The van der Waals surface area contributed by atoms with E-state index in [2.05, 4.69) is 10.2 Å². The average Bonchev–Trinajstić information content (AvgIpc) is 2.99. The number of rotatable bonds is 12. The van der Waals surface area contributed by atoms with Crippen molar-refractivity contribution < 1.29 is 24.0 Å². The summed E-state index contributed by atoms with van der Waals surface area (Å²) in [5, 5.41) is 14.6. The van der Waals surface area contributed by atoms with Gasteiger partial charge in [0.05, 0.1) is 30.3 Å². The van der Waals surface area contributed by atoms with E-state index in [4.69, 9.17) is 9.47 Å². The molecular formula is C31H36N4O6S. The van der Waals surface area contributed by atoms with Gasteiger partial charge in [-0.2, -0.15) is 0 Å². The van der Waals surface area contributed by atoms with E-state index in [9.17, 15) is 19.7 Å². The predicted molar refractivity (Wildman–Crippen MR) is 162 cm³/mol. The first kappa shape index (κ1) is 31.0. The van der Waals surface area contributed by atoms with Crippen molar-refractivity contribution in [2.75, 3.05) is 51.3 Å². The van der Waals surface area contributed by atoms with Crippen molar-refractivity contribution in [3.8, 4) is 0 Å². The van der Waals surface area contributed by atoms with Crippen LogP contribution in [-0.4, -0.2) is 72.7 Å². The summed E-state index contributed by atoms with van der Waals surface area (Å²) in [4.78, 5) is 42.7. The zero-order valence-electron chi connectivity index (χ0n) is 23.9. The van der Waals surface area contributed by atoms with E-state index >= 15 is 0 Å². The number of ether oxygens (including phenoxy) is 2. The van der Waals surface area contributed by atoms with Crippen LogP contribution >= 0.6 is 11.8 Å². The first-order valence-electron chi connectivity index (χ1n) is 14.0. The van der Waals surface area contributed by atoms with E-state index in [-0.39, 0.29) is 24.9 Å². The van der Waals surface area contributed by atoms with E-state index in [1.54, 1.807) is 48.2 Å². The van der Waals surface area contributed by atoms with Crippen LogP contribution in [0.25, 0.3) is 0 Å². The fraction of sp³-hybridized carbons (Fsp3) is 0.355. The average molecular weight is 593 g/mol. The molecule has 10 nitrogen and oxygen atoms in total. The Morgan fingerprint density at radius 2 is 1.79 bits per heavy atom. The number of urea groups is 1. The van der Waals surface area contributed by atoms with Gasteiger partial charge in [0.15, 0.2) is 0 Å². The first-order chi connectivity index (χ1) is 20.3. The van der Waals surface area contributed by atoms with Crippen molar-refractivity contribution >= 4 is 35.1 Å². The van der Waals surface area contributed by atoms with Crippen LogP contribution in [0, 0.1) is 17.0 Å². The molecule has 3 aromatic rings. The minimum atomic E-state index is -0.426. The summed E-state index contributed by atoms with van der Waals surface area (Å²) < 4.78 is 10.5. The number of non-ortho nitro benzene ring substituents is 1. The molecule has 0 radical (unpaired) electrons. The number of nitro benzene ring substituents is 1. The van der Waals surface area contributed by atoms with Crippen molar-refractivity contribution in [3.05, 3.63) is 93.5 Å². The highest BCUT2D eigenvalue weighted by atomic mass is 32.2. The number of nitrogens with one attached hydrogen (secondary N) is 1. The standard InChI is InChI=1S/C31H36N4O6S/c1-3-41-30(36)24-7-9-26(10-8-24)32-31(37)34(16-4-15-33-17-19-40-20-18-33)22-25-21-27(35(38)39)11-14-29(25)42-28-12-5-23(2)6-13-28/h5-14,21H,3-4,15-20,22H2,1-2H3,(H,32,37). The Morgan fingerprint density at radius 3 is 2.45 bits per heavy atom. The summed E-state index contributed by atoms with van der Waals surface area (Å²) >= 11 is 1.51. The van der Waals surface area contributed by atoms with Crippen LogP contribution in [0.5, 0.6) is 0 Å². The Balaban J connectivity index is 1.55. The largest absolute Gasteiger partial charge is 0.462 e. The van der Waals surface area contributed by atoms with Crippen LogP contribution in [-0.2, 0) is 16.0 Å². The van der Waals surface area contributed by atoms with Crippen LogP contribution in [0.4, 0.5) is 16.2 Å². The number of aryl methyl sites for hydroxylation is 1. The third-order valence-electron chi connectivity index (χ3n) is 6.81. The van der Waals surface area contributed by atoms with Crippen LogP contribution in [0.15, 0.2) is 76.5 Å². The molecule has 0 aromatic heterocycles. The monoisotopic (exact) mass is 592 g/mol. The number of hydrogen-bond acceptors (Lipinski definition) is 8. The van der Waals surface area contributed by atoms with Gasteiger partial charge >= 0.3 is 12.0 Å². The third kappa shape index (κ3) is 9.04. The van der Waals surface area contributed by atoms with Gasteiger partial charge in [0.1, 0.15) is 0 Å². The van der Waals surface area contributed by atoms with Gasteiger partial charge in [-0.15, -0.1) is 0 Å². The number of nitrogens with zero attached hydrogens (tertiary/aromatic N) is 3. The minimum absolute atomic E-state index is 0.0264. The summed E-state index contributed by atoms with van der Waals surface area (Å²) in [6, 6.07) is 19.0. The van der Waals surface area contributed by atoms with Gasteiger partial charge in [0.25, 0.3) is 5.69 Å². The lowest BCUT2D eigenvalue weighted by Gasteiger charge is -2.29. The number of benzene rings is 3. The number of esters is 1. The molecule has 1 saturated heterocycles. The number of nitro groups is 1. The molecule has 1 fully saturated rings. The second-order valence-corrected chi connectivity index (χ2v) is 11.0. The molecule has 222 valence electrons. The Kier molecular flexibility index (Phi) is 11.3.